The molecule has 3 heteroatoms. The lowest BCUT2D eigenvalue weighted by molar-refractivity contribution is 0.125. The predicted molar refractivity (Wildman–Crippen MR) is 59.2 cm³/mol. The zero-order valence-electron chi connectivity index (χ0n) is 8.85. The third-order valence-corrected chi connectivity index (χ3v) is 2.41. The molecule has 0 amide bonds. The molecule has 0 saturated heterocycles. The van der Waals surface area contributed by atoms with Crippen molar-refractivity contribution in [2.24, 2.45) is 4.99 Å². The van der Waals surface area contributed by atoms with Crippen LogP contribution in [-0.4, -0.2) is 32.3 Å². The van der Waals surface area contributed by atoms with E-state index in [1.807, 2.05) is 18.2 Å². The fraction of sp³-hybridized carbons (Fsp3) is 0.417. The maximum Gasteiger partial charge on any atom is 0.210 e. The van der Waals surface area contributed by atoms with Gasteiger partial charge in [-0.1, -0.05) is 30.3 Å². The van der Waals surface area contributed by atoms with Gasteiger partial charge >= 0.3 is 0 Å². The number of aliphatic imine (C=N–C) groups is 1. The molecule has 0 saturated carbocycles. The van der Waals surface area contributed by atoms with Crippen molar-refractivity contribution in [3.05, 3.63) is 35.9 Å². The zero-order chi connectivity index (χ0) is 10.5. The normalized spacial score (nSPS) is 20.9. The molecule has 0 N–H and O–H groups in total. The van der Waals surface area contributed by atoms with Crippen molar-refractivity contribution in [2.75, 3.05) is 20.3 Å². The summed E-state index contributed by atoms with van der Waals surface area (Å²) in [5, 5.41) is 0. The number of benzene rings is 1. The standard InChI is InChI=1S/C12H15NO2/c1-14-12-9-15-8-11(13-12)7-10-5-3-2-4-6-10/h2-6,11H,7-9H2,1H3/t11-/m0/s1. The van der Waals surface area contributed by atoms with Crippen LogP contribution in [0.3, 0.4) is 0 Å². The van der Waals surface area contributed by atoms with Gasteiger partial charge in [0.25, 0.3) is 0 Å². The quantitative estimate of drug-likeness (QED) is 0.735. The lowest BCUT2D eigenvalue weighted by Crippen LogP contribution is -2.28. The average molecular weight is 205 g/mol. The maximum absolute atomic E-state index is 5.40. The highest BCUT2D eigenvalue weighted by Crippen LogP contribution is 2.09. The molecule has 1 aromatic carbocycles. The zero-order valence-corrected chi connectivity index (χ0v) is 8.85. The predicted octanol–water partition coefficient (Wildman–Crippen LogP) is 1.67. The average Bonchev–Trinajstić information content (AvgIpc) is 2.31. The first-order valence-electron chi connectivity index (χ1n) is 5.11. The smallest absolute Gasteiger partial charge is 0.210 e. The van der Waals surface area contributed by atoms with E-state index in [0.717, 1.165) is 6.42 Å². The van der Waals surface area contributed by atoms with Gasteiger partial charge in [0.15, 0.2) is 0 Å². The van der Waals surface area contributed by atoms with E-state index in [9.17, 15) is 0 Å². The largest absolute Gasteiger partial charge is 0.483 e. The monoisotopic (exact) mass is 205 g/mol. The minimum Gasteiger partial charge on any atom is -0.483 e. The Balaban J connectivity index is 2.00. The SMILES string of the molecule is COC1=N[C@@H](Cc2ccccc2)COC1. The van der Waals surface area contributed by atoms with Crippen molar-refractivity contribution in [3.8, 4) is 0 Å². The first kappa shape index (κ1) is 10.2. The molecule has 0 aliphatic carbocycles. The summed E-state index contributed by atoms with van der Waals surface area (Å²) in [6.45, 7) is 1.18. The van der Waals surface area contributed by atoms with E-state index < -0.39 is 0 Å². The molecule has 0 fully saturated rings. The Bertz CT molecular complexity index is 335. The Labute approximate surface area is 89.7 Å². The van der Waals surface area contributed by atoms with Crippen LogP contribution in [0, 0.1) is 0 Å². The molecule has 1 aromatic rings. The van der Waals surface area contributed by atoms with E-state index in [4.69, 9.17) is 9.47 Å². The molecule has 0 unspecified atom stereocenters. The molecule has 3 nitrogen and oxygen atoms in total. The Hall–Kier alpha value is -1.35. The van der Waals surface area contributed by atoms with Crippen molar-refractivity contribution < 1.29 is 9.47 Å². The molecule has 2 rings (SSSR count). The van der Waals surface area contributed by atoms with Crippen LogP contribution in [-0.2, 0) is 15.9 Å². The van der Waals surface area contributed by atoms with Crippen LogP contribution in [0.15, 0.2) is 35.3 Å². The third kappa shape index (κ3) is 2.80. The number of hydrogen-bond donors (Lipinski definition) is 0. The fourth-order valence-corrected chi connectivity index (χ4v) is 1.66. The maximum atomic E-state index is 5.40. The molecule has 1 aliphatic heterocycles. The van der Waals surface area contributed by atoms with Gasteiger partial charge in [0.1, 0.15) is 6.61 Å². The van der Waals surface area contributed by atoms with E-state index >= 15 is 0 Å². The van der Waals surface area contributed by atoms with Gasteiger partial charge in [0.2, 0.25) is 5.90 Å². The first-order chi connectivity index (χ1) is 7.38. The van der Waals surface area contributed by atoms with Crippen LogP contribution >= 0.6 is 0 Å². The summed E-state index contributed by atoms with van der Waals surface area (Å²) in [6, 6.07) is 10.5. The fourth-order valence-electron chi connectivity index (χ4n) is 1.66. The second-order valence-corrected chi connectivity index (χ2v) is 3.59. The van der Waals surface area contributed by atoms with Gasteiger partial charge in [-0.25, -0.2) is 4.99 Å². The van der Waals surface area contributed by atoms with Crippen LogP contribution in [0.2, 0.25) is 0 Å². The molecule has 1 atom stereocenters. The molecule has 15 heavy (non-hydrogen) atoms. The molecule has 80 valence electrons. The molecule has 0 aromatic heterocycles. The second kappa shape index (κ2) is 4.94. The van der Waals surface area contributed by atoms with Crippen LogP contribution < -0.4 is 0 Å². The molecule has 0 spiro atoms. The van der Waals surface area contributed by atoms with Gasteiger partial charge in [0, 0.05) is 0 Å². The molecule has 0 radical (unpaired) electrons. The Morgan fingerprint density at radius 1 is 1.40 bits per heavy atom. The summed E-state index contributed by atoms with van der Waals surface area (Å²) >= 11 is 0. The van der Waals surface area contributed by atoms with Crippen molar-refractivity contribution in [1.29, 1.82) is 0 Å². The number of hydrogen-bond acceptors (Lipinski definition) is 3. The number of methoxy groups -OCH3 is 1. The minimum absolute atomic E-state index is 0.191. The Morgan fingerprint density at radius 2 is 2.20 bits per heavy atom. The van der Waals surface area contributed by atoms with Crippen LogP contribution in [0.25, 0.3) is 0 Å². The summed E-state index contributed by atoms with van der Waals surface area (Å²) in [7, 11) is 1.63. The van der Waals surface area contributed by atoms with Gasteiger partial charge in [-0.2, -0.15) is 0 Å². The van der Waals surface area contributed by atoms with E-state index in [-0.39, 0.29) is 6.04 Å². The van der Waals surface area contributed by atoms with Crippen LogP contribution in [0.1, 0.15) is 5.56 Å². The van der Waals surface area contributed by atoms with E-state index in [0.29, 0.717) is 19.1 Å². The summed E-state index contributed by atoms with van der Waals surface area (Å²) in [4.78, 5) is 4.46. The van der Waals surface area contributed by atoms with Gasteiger partial charge in [0.05, 0.1) is 19.8 Å². The highest BCUT2D eigenvalue weighted by atomic mass is 16.5. The molecule has 1 aliphatic rings. The highest BCUT2D eigenvalue weighted by Gasteiger charge is 2.15. The van der Waals surface area contributed by atoms with Gasteiger partial charge < -0.3 is 9.47 Å². The number of ether oxygens (including phenoxy) is 2. The van der Waals surface area contributed by atoms with E-state index in [1.165, 1.54) is 5.56 Å². The summed E-state index contributed by atoms with van der Waals surface area (Å²) in [5.74, 6) is 0.696. The van der Waals surface area contributed by atoms with Gasteiger partial charge in [-0.05, 0) is 12.0 Å². The number of nitrogens with zero attached hydrogens (tertiary/aromatic N) is 1. The van der Waals surface area contributed by atoms with Crippen molar-refractivity contribution in [2.45, 2.75) is 12.5 Å². The second-order valence-electron chi connectivity index (χ2n) is 3.59. The van der Waals surface area contributed by atoms with Crippen molar-refractivity contribution in [3.63, 3.8) is 0 Å². The number of rotatable bonds is 2. The summed E-state index contributed by atoms with van der Waals surface area (Å²) in [5.41, 5.74) is 1.28. The topological polar surface area (TPSA) is 30.8 Å². The van der Waals surface area contributed by atoms with Crippen molar-refractivity contribution >= 4 is 5.90 Å². The van der Waals surface area contributed by atoms with Crippen molar-refractivity contribution in [1.82, 2.24) is 0 Å². The summed E-state index contributed by atoms with van der Waals surface area (Å²) < 4.78 is 10.5. The lowest BCUT2D eigenvalue weighted by Gasteiger charge is -2.19. The lowest BCUT2D eigenvalue weighted by atomic mass is 10.1. The van der Waals surface area contributed by atoms with Crippen LogP contribution in [0.4, 0.5) is 0 Å². The van der Waals surface area contributed by atoms with E-state index in [1.54, 1.807) is 7.11 Å². The minimum atomic E-state index is 0.191. The molecule has 0 bridgehead atoms. The molecular formula is C12H15NO2. The summed E-state index contributed by atoms with van der Waals surface area (Å²) in [6.07, 6.45) is 0.910. The third-order valence-electron chi connectivity index (χ3n) is 2.41. The first-order valence-corrected chi connectivity index (χ1v) is 5.11. The van der Waals surface area contributed by atoms with Crippen LogP contribution in [0.5, 0.6) is 0 Å². The van der Waals surface area contributed by atoms with Gasteiger partial charge in [-0.15, -0.1) is 0 Å². The Kier molecular flexibility index (Phi) is 3.35. The van der Waals surface area contributed by atoms with Gasteiger partial charge in [-0.3, -0.25) is 0 Å². The molecule has 1 heterocycles. The van der Waals surface area contributed by atoms with E-state index in [2.05, 4.69) is 17.1 Å². The Morgan fingerprint density at radius 3 is 2.93 bits per heavy atom. The molecular weight excluding hydrogens is 190 g/mol. The highest BCUT2D eigenvalue weighted by molar-refractivity contribution is 5.77.